The number of nitrogens with zero attached hydrogens (tertiary/aromatic N) is 1. The van der Waals surface area contributed by atoms with Gasteiger partial charge in [-0.2, -0.15) is 8.78 Å². The van der Waals surface area contributed by atoms with Crippen molar-refractivity contribution in [2.45, 2.75) is 30.1 Å². The third kappa shape index (κ3) is 4.41. The van der Waals surface area contributed by atoms with Crippen molar-refractivity contribution in [2.24, 2.45) is 0 Å². The quantitative estimate of drug-likeness (QED) is 0.746. The van der Waals surface area contributed by atoms with E-state index in [1.807, 2.05) is 0 Å². The van der Waals surface area contributed by atoms with Gasteiger partial charge in [-0.3, -0.25) is 4.79 Å². The van der Waals surface area contributed by atoms with Crippen molar-refractivity contribution < 1.29 is 31.1 Å². The second-order valence-corrected chi connectivity index (χ2v) is 8.02. The van der Waals surface area contributed by atoms with Gasteiger partial charge < -0.3 is 9.64 Å². The number of alkyl halides is 2. The van der Waals surface area contributed by atoms with Crippen LogP contribution in [0.1, 0.15) is 18.4 Å². The summed E-state index contributed by atoms with van der Waals surface area (Å²) < 4.78 is 67.9. The van der Waals surface area contributed by atoms with Gasteiger partial charge in [-0.25, -0.2) is 12.8 Å². The van der Waals surface area contributed by atoms with Crippen LogP contribution in [0.5, 0.6) is 5.75 Å². The Balaban J connectivity index is 1.85. The Morgan fingerprint density at radius 3 is 2.41 bits per heavy atom. The number of sulfone groups is 1. The summed E-state index contributed by atoms with van der Waals surface area (Å²) in [7, 11) is -3.94. The Labute approximate surface area is 154 Å². The zero-order valence-electron chi connectivity index (χ0n) is 14.1. The van der Waals surface area contributed by atoms with Gasteiger partial charge in [-0.05, 0) is 48.9 Å². The average Bonchev–Trinajstić information content (AvgIpc) is 3.03. The molecule has 0 atom stereocenters. The molecule has 2 aromatic rings. The number of rotatable bonds is 6. The molecule has 5 nitrogen and oxygen atoms in total. The minimum absolute atomic E-state index is 0.0286. The van der Waals surface area contributed by atoms with Gasteiger partial charge in [0.25, 0.3) is 0 Å². The van der Waals surface area contributed by atoms with Gasteiger partial charge in [0.05, 0.1) is 10.6 Å². The number of carbonyl (C=O) groups is 1. The maximum atomic E-state index is 13.4. The van der Waals surface area contributed by atoms with E-state index in [1.54, 1.807) is 4.90 Å². The van der Waals surface area contributed by atoms with E-state index in [0.29, 0.717) is 18.7 Å². The molecule has 0 radical (unpaired) electrons. The van der Waals surface area contributed by atoms with E-state index in [0.717, 1.165) is 24.6 Å². The van der Waals surface area contributed by atoms with Crippen molar-refractivity contribution in [1.82, 2.24) is 0 Å². The largest absolute Gasteiger partial charge is 0.435 e. The lowest BCUT2D eigenvalue weighted by atomic mass is 10.2. The normalized spacial score (nSPS) is 14.8. The maximum absolute atomic E-state index is 13.4. The monoisotopic (exact) mass is 399 g/mol. The molecule has 2 aromatic carbocycles. The fourth-order valence-corrected chi connectivity index (χ4v) is 4.27. The summed E-state index contributed by atoms with van der Waals surface area (Å²) >= 11 is 0. The van der Waals surface area contributed by atoms with Crippen LogP contribution in [-0.2, 0) is 20.4 Å². The summed E-state index contributed by atoms with van der Waals surface area (Å²) in [6.07, 6.45) is 1.19. The third-order valence-corrected chi connectivity index (χ3v) is 5.85. The van der Waals surface area contributed by atoms with E-state index < -0.39 is 33.8 Å². The van der Waals surface area contributed by atoms with Crippen molar-refractivity contribution in [3.8, 4) is 5.75 Å². The molecule has 1 aliphatic rings. The summed E-state index contributed by atoms with van der Waals surface area (Å²) in [6.45, 7) is -2.59. The molecule has 0 spiro atoms. The summed E-state index contributed by atoms with van der Waals surface area (Å²) in [5, 5.41) is 0. The second kappa shape index (κ2) is 7.59. The van der Waals surface area contributed by atoms with Crippen LogP contribution in [0.3, 0.4) is 0 Å². The smallest absolute Gasteiger partial charge is 0.387 e. The van der Waals surface area contributed by atoms with E-state index in [2.05, 4.69) is 4.74 Å². The van der Waals surface area contributed by atoms with Crippen molar-refractivity contribution in [1.29, 1.82) is 0 Å². The first kappa shape index (κ1) is 19.2. The number of carbonyl (C=O) groups excluding carboxylic acids is 1. The lowest BCUT2D eigenvalue weighted by Crippen LogP contribution is -2.23. The predicted molar refractivity (Wildman–Crippen MR) is 92.0 cm³/mol. The Morgan fingerprint density at radius 1 is 1.11 bits per heavy atom. The number of hydrogen-bond donors (Lipinski definition) is 0. The molecule has 1 aliphatic heterocycles. The fourth-order valence-electron chi connectivity index (χ4n) is 2.91. The number of halogens is 3. The van der Waals surface area contributed by atoms with Gasteiger partial charge in [0.2, 0.25) is 5.91 Å². The Hall–Kier alpha value is -2.55. The molecular formula is C18H16F3NO4S. The van der Waals surface area contributed by atoms with Crippen LogP contribution in [0.25, 0.3) is 0 Å². The molecule has 0 aromatic heterocycles. The average molecular weight is 399 g/mol. The van der Waals surface area contributed by atoms with Crippen molar-refractivity contribution in [3.63, 3.8) is 0 Å². The molecule has 1 fully saturated rings. The molecule has 1 heterocycles. The molecule has 9 heteroatoms. The summed E-state index contributed by atoms with van der Waals surface area (Å²) in [5.41, 5.74) is 0.387. The molecule has 27 heavy (non-hydrogen) atoms. The summed E-state index contributed by atoms with van der Waals surface area (Å²) in [4.78, 5) is 13.3. The second-order valence-electron chi connectivity index (χ2n) is 6.03. The number of hydrogen-bond acceptors (Lipinski definition) is 4. The van der Waals surface area contributed by atoms with Gasteiger partial charge in [0.1, 0.15) is 11.6 Å². The SMILES string of the molecule is O=C1CCCN1c1ccc(S(=O)(=O)Cc2cc(F)ccc2OC(F)F)cc1. The van der Waals surface area contributed by atoms with Crippen LogP contribution in [0.15, 0.2) is 47.4 Å². The van der Waals surface area contributed by atoms with Gasteiger partial charge in [-0.15, -0.1) is 0 Å². The van der Waals surface area contributed by atoms with Crippen LogP contribution in [0, 0.1) is 5.82 Å². The molecule has 0 unspecified atom stereocenters. The van der Waals surface area contributed by atoms with Crippen LogP contribution >= 0.6 is 0 Å². The first-order valence-corrected chi connectivity index (χ1v) is 9.78. The van der Waals surface area contributed by atoms with Gasteiger partial charge in [0, 0.05) is 24.2 Å². The number of ether oxygens (including phenoxy) is 1. The first-order chi connectivity index (χ1) is 12.8. The molecule has 1 amide bonds. The highest BCUT2D eigenvalue weighted by molar-refractivity contribution is 7.90. The first-order valence-electron chi connectivity index (χ1n) is 8.13. The molecule has 0 saturated carbocycles. The molecular weight excluding hydrogens is 383 g/mol. The van der Waals surface area contributed by atoms with Crippen LogP contribution in [0.4, 0.5) is 18.9 Å². The van der Waals surface area contributed by atoms with Crippen LogP contribution in [0.2, 0.25) is 0 Å². The molecule has 1 saturated heterocycles. The standard InChI is InChI=1S/C18H16F3NO4S/c19-13-3-8-16(26-18(20)21)12(10-13)11-27(24,25)15-6-4-14(5-7-15)22-9-1-2-17(22)23/h3-8,10,18H,1-2,9,11H2. The van der Waals surface area contributed by atoms with E-state index >= 15 is 0 Å². The molecule has 0 bridgehead atoms. The minimum atomic E-state index is -3.94. The topological polar surface area (TPSA) is 63.7 Å². The fraction of sp³-hybridized carbons (Fsp3) is 0.278. The predicted octanol–water partition coefficient (Wildman–Crippen LogP) is 3.53. The number of benzene rings is 2. The zero-order valence-corrected chi connectivity index (χ0v) is 14.9. The highest BCUT2D eigenvalue weighted by atomic mass is 32.2. The zero-order chi connectivity index (χ0) is 19.6. The lowest BCUT2D eigenvalue weighted by molar-refractivity contribution is -0.117. The molecule has 0 aliphatic carbocycles. The molecule has 3 rings (SSSR count). The van der Waals surface area contributed by atoms with Crippen LogP contribution < -0.4 is 9.64 Å². The summed E-state index contributed by atoms with van der Waals surface area (Å²) in [6, 6.07) is 8.43. The lowest BCUT2D eigenvalue weighted by Gasteiger charge is -2.16. The number of anilines is 1. The Morgan fingerprint density at radius 2 is 1.81 bits per heavy atom. The minimum Gasteiger partial charge on any atom is -0.435 e. The van der Waals surface area contributed by atoms with Gasteiger partial charge in [-0.1, -0.05) is 0 Å². The molecule has 0 N–H and O–H groups in total. The van der Waals surface area contributed by atoms with E-state index in [9.17, 15) is 26.4 Å². The van der Waals surface area contributed by atoms with Gasteiger partial charge in [0.15, 0.2) is 9.84 Å². The number of amides is 1. The van der Waals surface area contributed by atoms with E-state index in [1.165, 1.54) is 24.3 Å². The van der Waals surface area contributed by atoms with Crippen molar-refractivity contribution in [2.75, 3.05) is 11.4 Å². The Kier molecular flexibility index (Phi) is 5.41. The van der Waals surface area contributed by atoms with E-state index in [4.69, 9.17) is 0 Å². The van der Waals surface area contributed by atoms with Gasteiger partial charge >= 0.3 is 6.61 Å². The van der Waals surface area contributed by atoms with Crippen molar-refractivity contribution in [3.05, 3.63) is 53.8 Å². The van der Waals surface area contributed by atoms with E-state index in [-0.39, 0.29) is 16.4 Å². The maximum Gasteiger partial charge on any atom is 0.387 e. The van der Waals surface area contributed by atoms with Crippen LogP contribution in [-0.4, -0.2) is 27.5 Å². The van der Waals surface area contributed by atoms with Crippen molar-refractivity contribution >= 4 is 21.4 Å². The third-order valence-electron chi connectivity index (χ3n) is 4.17. The highest BCUT2D eigenvalue weighted by Crippen LogP contribution is 2.28. The highest BCUT2D eigenvalue weighted by Gasteiger charge is 2.23. The molecule has 144 valence electrons. The Bertz CT molecular complexity index is 946. The summed E-state index contributed by atoms with van der Waals surface area (Å²) in [5.74, 6) is -1.88.